The minimum absolute atomic E-state index is 0.475. The Labute approximate surface area is 108 Å². The maximum Gasteiger partial charge on any atom is 0.416 e. The number of halogens is 3. The number of hydrogen-bond acceptors (Lipinski definition) is 3. The van der Waals surface area contributed by atoms with Crippen LogP contribution < -0.4 is 11.3 Å². The van der Waals surface area contributed by atoms with E-state index in [1.54, 1.807) is 6.07 Å². The molecule has 0 fully saturated rings. The van der Waals surface area contributed by atoms with E-state index >= 15 is 0 Å². The molecule has 0 saturated carbocycles. The van der Waals surface area contributed by atoms with Crippen molar-refractivity contribution in [1.29, 1.82) is 0 Å². The monoisotopic (exact) mass is 270 g/mol. The minimum atomic E-state index is -4.34. The average molecular weight is 270 g/mol. The third-order valence-electron chi connectivity index (χ3n) is 2.90. The molecule has 0 radical (unpaired) electrons. The van der Waals surface area contributed by atoms with Gasteiger partial charge in [-0.3, -0.25) is 5.84 Å². The first kappa shape index (κ1) is 13.6. The number of aryl methyl sites for hydroxylation is 1. The zero-order valence-electron chi connectivity index (χ0n) is 10.2. The average Bonchev–Trinajstić information content (AvgIpc) is 2.76. The van der Waals surface area contributed by atoms with E-state index in [0.717, 1.165) is 17.7 Å². The smallest absolute Gasteiger partial charge is 0.416 e. The lowest BCUT2D eigenvalue weighted by molar-refractivity contribution is -0.137. The summed E-state index contributed by atoms with van der Waals surface area (Å²) in [4.78, 5) is 0. The van der Waals surface area contributed by atoms with Gasteiger partial charge < -0.3 is 4.42 Å². The molecule has 0 aliphatic carbocycles. The first-order valence-corrected chi connectivity index (χ1v) is 5.60. The summed E-state index contributed by atoms with van der Waals surface area (Å²) in [6.07, 6.45) is -2.83. The Hall–Kier alpha value is -1.79. The van der Waals surface area contributed by atoms with E-state index in [9.17, 15) is 13.2 Å². The number of furan rings is 1. The number of hydrazine groups is 1. The molecule has 1 aromatic carbocycles. The SMILES string of the molecule is Cc1ccoc1C(NN)c1ccc(C(F)(F)F)cc1. The van der Waals surface area contributed by atoms with Crippen molar-refractivity contribution in [1.82, 2.24) is 5.43 Å². The van der Waals surface area contributed by atoms with E-state index in [1.807, 2.05) is 6.92 Å². The molecule has 1 unspecified atom stereocenters. The van der Waals surface area contributed by atoms with Gasteiger partial charge >= 0.3 is 6.18 Å². The Morgan fingerprint density at radius 1 is 1.16 bits per heavy atom. The highest BCUT2D eigenvalue weighted by molar-refractivity contribution is 5.33. The van der Waals surface area contributed by atoms with Crippen LogP contribution in [0.5, 0.6) is 0 Å². The highest BCUT2D eigenvalue weighted by atomic mass is 19.4. The minimum Gasteiger partial charge on any atom is -0.467 e. The highest BCUT2D eigenvalue weighted by Gasteiger charge is 2.30. The number of nitrogens with two attached hydrogens (primary N) is 1. The summed E-state index contributed by atoms with van der Waals surface area (Å²) in [5, 5.41) is 0. The van der Waals surface area contributed by atoms with Gasteiger partial charge in [0.2, 0.25) is 0 Å². The largest absolute Gasteiger partial charge is 0.467 e. The van der Waals surface area contributed by atoms with Crippen LogP contribution in [0, 0.1) is 6.92 Å². The molecule has 1 atom stereocenters. The molecule has 0 spiro atoms. The van der Waals surface area contributed by atoms with Crippen LogP contribution in [0.1, 0.15) is 28.5 Å². The number of alkyl halides is 3. The number of hydrogen-bond donors (Lipinski definition) is 2. The van der Waals surface area contributed by atoms with Crippen LogP contribution in [-0.4, -0.2) is 0 Å². The van der Waals surface area contributed by atoms with E-state index < -0.39 is 17.8 Å². The Balaban J connectivity index is 2.33. The molecule has 19 heavy (non-hydrogen) atoms. The summed E-state index contributed by atoms with van der Waals surface area (Å²) in [5.74, 6) is 6.04. The second kappa shape index (κ2) is 5.07. The number of benzene rings is 1. The molecule has 1 aromatic heterocycles. The molecule has 2 aromatic rings. The second-order valence-corrected chi connectivity index (χ2v) is 4.19. The molecule has 0 bridgehead atoms. The summed E-state index contributed by atoms with van der Waals surface area (Å²) in [5.41, 5.74) is 3.34. The fraction of sp³-hybridized carbons (Fsp3) is 0.231. The Morgan fingerprint density at radius 3 is 2.21 bits per heavy atom. The quantitative estimate of drug-likeness (QED) is 0.665. The Morgan fingerprint density at radius 2 is 1.79 bits per heavy atom. The van der Waals surface area contributed by atoms with Crippen LogP contribution in [0.25, 0.3) is 0 Å². The summed E-state index contributed by atoms with van der Waals surface area (Å²) in [6.45, 7) is 1.84. The molecule has 0 amide bonds. The summed E-state index contributed by atoms with van der Waals surface area (Å²) in [7, 11) is 0. The van der Waals surface area contributed by atoms with Gasteiger partial charge in [-0.05, 0) is 36.2 Å². The zero-order valence-corrected chi connectivity index (χ0v) is 10.2. The molecule has 0 aliphatic rings. The van der Waals surface area contributed by atoms with Crippen LogP contribution in [0.2, 0.25) is 0 Å². The van der Waals surface area contributed by atoms with Crippen molar-refractivity contribution in [2.24, 2.45) is 5.84 Å². The molecule has 6 heteroatoms. The van der Waals surface area contributed by atoms with Gasteiger partial charge in [0.05, 0.1) is 11.8 Å². The normalized spacial score (nSPS) is 13.5. The van der Waals surface area contributed by atoms with Crippen LogP contribution in [0.4, 0.5) is 13.2 Å². The molecule has 3 N–H and O–H groups in total. The third kappa shape index (κ3) is 2.80. The summed E-state index contributed by atoms with van der Waals surface area (Å²) >= 11 is 0. The predicted octanol–water partition coefficient (Wildman–Crippen LogP) is 3.16. The van der Waals surface area contributed by atoms with Gasteiger partial charge in [-0.2, -0.15) is 13.2 Å². The van der Waals surface area contributed by atoms with Gasteiger partial charge in [0.1, 0.15) is 11.8 Å². The second-order valence-electron chi connectivity index (χ2n) is 4.19. The molecule has 0 aliphatic heterocycles. The molecule has 0 saturated heterocycles. The lowest BCUT2D eigenvalue weighted by atomic mass is 10.0. The van der Waals surface area contributed by atoms with Crippen LogP contribution in [0.3, 0.4) is 0 Å². The van der Waals surface area contributed by atoms with Crippen LogP contribution in [0.15, 0.2) is 41.0 Å². The van der Waals surface area contributed by atoms with E-state index in [0.29, 0.717) is 11.3 Å². The van der Waals surface area contributed by atoms with Crippen molar-refractivity contribution in [2.75, 3.05) is 0 Å². The predicted molar refractivity (Wildman–Crippen MR) is 64.1 cm³/mol. The van der Waals surface area contributed by atoms with Crippen molar-refractivity contribution in [3.8, 4) is 0 Å². The van der Waals surface area contributed by atoms with E-state index in [-0.39, 0.29) is 0 Å². The van der Waals surface area contributed by atoms with E-state index in [1.165, 1.54) is 18.4 Å². The van der Waals surface area contributed by atoms with Gasteiger partial charge in [0.25, 0.3) is 0 Å². The molecule has 102 valence electrons. The lowest BCUT2D eigenvalue weighted by Gasteiger charge is -2.16. The zero-order chi connectivity index (χ0) is 14.0. The van der Waals surface area contributed by atoms with E-state index in [2.05, 4.69) is 5.43 Å². The maximum atomic E-state index is 12.5. The van der Waals surface area contributed by atoms with Gasteiger partial charge in [-0.15, -0.1) is 0 Å². The van der Waals surface area contributed by atoms with Crippen LogP contribution >= 0.6 is 0 Å². The molecule has 3 nitrogen and oxygen atoms in total. The first-order chi connectivity index (χ1) is 8.93. The Kier molecular flexibility index (Phi) is 3.64. The van der Waals surface area contributed by atoms with E-state index in [4.69, 9.17) is 10.3 Å². The van der Waals surface area contributed by atoms with Gasteiger partial charge in [0.15, 0.2) is 0 Å². The summed E-state index contributed by atoms with van der Waals surface area (Å²) < 4.78 is 42.7. The third-order valence-corrected chi connectivity index (χ3v) is 2.90. The lowest BCUT2D eigenvalue weighted by Crippen LogP contribution is -2.29. The van der Waals surface area contributed by atoms with Crippen molar-refractivity contribution in [3.63, 3.8) is 0 Å². The van der Waals surface area contributed by atoms with Crippen molar-refractivity contribution in [3.05, 3.63) is 59.0 Å². The first-order valence-electron chi connectivity index (χ1n) is 5.60. The van der Waals surface area contributed by atoms with Gasteiger partial charge in [-0.25, -0.2) is 5.43 Å². The van der Waals surface area contributed by atoms with Crippen molar-refractivity contribution >= 4 is 0 Å². The maximum absolute atomic E-state index is 12.5. The molecular weight excluding hydrogens is 257 g/mol. The molecular formula is C13H13F3N2O. The van der Waals surface area contributed by atoms with Crippen molar-refractivity contribution in [2.45, 2.75) is 19.1 Å². The molecule has 2 rings (SSSR count). The fourth-order valence-corrected chi connectivity index (χ4v) is 1.87. The molecule has 1 heterocycles. The van der Waals surface area contributed by atoms with Gasteiger partial charge in [-0.1, -0.05) is 12.1 Å². The van der Waals surface area contributed by atoms with Gasteiger partial charge in [0, 0.05) is 0 Å². The standard InChI is InChI=1S/C13H13F3N2O/c1-8-6-7-19-12(8)11(18-17)9-2-4-10(5-3-9)13(14,15)16/h2-7,11,18H,17H2,1H3. The number of rotatable bonds is 3. The van der Waals surface area contributed by atoms with Crippen LogP contribution in [-0.2, 0) is 6.18 Å². The number of nitrogens with one attached hydrogen (secondary N) is 1. The topological polar surface area (TPSA) is 51.2 Å². The van der Waals surface area contributed by atoms with Crippen molar-refractivity contribution < 1.29 is 17.6 Å². The Bertz CT molecular complexity index is 546. The highest BCUT2D eigenvalue weighted by Crippen LogP contribution is 2.31. The fourth-order valence-electron chi connectivity index (χ4n) is 1.87. The summed E-state index contributed by atoms with van der Waals surface area (Å²) in [6, 6.07) is 6.11.